The molecule has 0 aromatic heterocycles. The van der Waals surface area contributed by atoms with Crippen molar-refractivity contribution in [2.24, 2.45) is 5.73 Å². The molecule has 0 bridgehead atoms. The fourth-order valence-corrected chi connectivity index (χ4v) is 0.721. The van der Waals surface area contributed by atoms with Gasteiger partial charge in [0.05, 0.1) is 6.61 Å². The minimum atomic E-state index is -0.514. The molecule has 0 spiro atoms. The van der Waals surface area contributed by atoms with Gasteiger partial charge in [0.15, 0.2) is 5.85 Å². The normalized spacial score (nSPS) is 40.9. The zero-order valence-electron chi connectivity index (χ0n) is 5.35. The van der Waals surface area contributed by atoms with Gasteiger partial charge in [0.2, 0.25) is 0 Å². The zero-order chi connectivity index (χ0) is 6.20. The highest BCUT2D eigenvalue weighted by Gasteiger charge is 2.29. The molecule has 1 heterocycles. The molecule has 1 aliphatic rings. The Bertz CT molecular complexity index is 92.4. The second kappa shape index (κ2) is 1.69. The summed E-state index contributed by atoms with van der Waals surface area (Å²) < 4.78 is 5.16. The van der Waals surface area contributed by atoms with Crippen molar-refractivity contribution >= 4 is 0 Å². The molecule has 1 fully saturated rings. The van der Waals surface area contributed by atoms with Crippen molar-refractivity contribution in [1.82, 2.24) is 4.90 Å². The summed E-state index contributed by atoms with van der Waals surface area (Å²) in [6.45, 7) is 3.55. The molecule has 1 atom stereocenters. The number of hydrogen-bond acceptors (Lipinski definition) is 3. The monoisotopic (exact) mass is 116 g/mol. The molecule has 0 saturated carbocycles. The van der Waals surface area contributed by atoms with E-state index in [9.17, 15) is 0 Å². The number of hydrogen-bond donors (Lipinski definition) is 1. The smallest absolute Gasteiger partial charge is 0.171 e. The van der Waals surface area contributed by atoms with Crippen LogP contribution in [-0.4, -0.2) is 30.9 Å². The van der Waals surface area contributed by atoms with Gasteiger partial charge in [-0.1, -0.05) is 0 Å². The fourth-order valence-electron chi connectivity index (χ4n) is 0.721. The van der Waals surface area contributed by atoms with E-state index in [4.69, 9.17) is 10.5 Å². The SMILES string of the molecule is CN1CCOC1(C)N. The quantitative estimate of drug-likeness (QED) is 0.467. The molecule has 2 N–H and O–H groups in total. The largest absolute Gasteiger partial charge is 0.346 e. The molecule has 0 aromatic carbocycles. The number of likely N-dealkylation sites (N-methyl/N-ethyl adjacent to an activating group) is 1. The molecule has 1 unspecified atom stereocenters. The standard InChI is InChI=1S/C5H12N2O/c1-5(6)7(2)3-4-8-5/h3-4,6H2,1-2H3. The second-order valence-electron chi connectivity index (χ2n) is 2.32. The third-order valence-electron chi connectivity index (χ3n) is 1.58. The Balaban J connectivity index is 2.54. The van der Waals surface area contributed by atoms with E-state index in [-0.39, 0.29) is 0 Å². The van der Waals surface area contributed by atoms with E-state index in [1.54, 1.807) is 0 Å². The molecule has 8 heavy (non-hydrogen) atoms. The average Bonchev–Trinajstić information content (AvgIpc) is 1.86. The Hall–Kier alpha value is -0.120. The molecule has 1 rings (SSSR count). The van der Waals surface area contributed by atoms with Crippen LogP contribution in [0.4, 0.5) is 0 Å². The highest BCUT2D eigenvalue weighted by atomic mass is 16.5. The van der Waals surface area contributed by atoms with Crippen LogP contribution >= 0.6 is 0 Å². The summed E-state index contributed by atoms with van der Waals surface area (Å²) in [4.78, 5) is 1.98. The van der Waals surface area contributed by atoms with E-state index in [0.29, 0.717) is 0 Å². The van der Waals surface area contributed by atoms with E-state index < -0.39 is 5.85 Å². The van der Waals surface area contributed by atoms with Crippen LogP contribution in [0, 0.1) is 0 Å². The second-order valence-corrected chi connectivity index (χ2v) is 2.32. The van der Waals surface area contributed by atoms with Crippen LogP contribution in [0.25, 0.3) is 0 Å². The fraction of sp³-hybridized carbons (Fsp3) is 1.00. The molecule has 3 nitrogen and oxygen atoms in total. The molecule has 1 aliphatic heterocycles. The van der Waals surface area contributed by atoms with Crippen molar-refractivity contribution in [2.45, 2.75) is 12.8 Å². The van der Waals surface area contributed by atoms with Crippen LogP contribution in [-0.2, 0) is 4.74 Å². The molecule has 3 heteroatoms. The van der Waals surface area contributed by atoms with Crippen LogP contribution in [0.15, 0.2) is 0 Å². The maximum Gasteiger partial charge on any atom is 0.171 e. The van der Waals surface area contributed by atoms with Gasteiger partial charge in [-0.25, -0.2) is 0 Å². The van der Waals surface area contributed by atoms with Gasteiger partial charge in [0.25, 0.3) is 0 Å². The van der Waals surface area contributed by atoms with Crippen molar-refractivity contribution < 1.29 is 4.74 Å². The topological polar surface area (TPSA) is 38.5 Å². The lowest BCUT2D eigenvalue weighted by molar-refractivity contribution is -0.0499. The summed E-state index contributed by atoms with van der Waals surface area (Å²) >= 11 is 0. The molecule has 0 aromatic rings. The molecule has 0 aliphatic carbocycles. The van der Waals surface area contributed by atoms with Crippen LogP contribution in [0.2, 0.25) is 0 Å². The van der Waals surface area contributed by atoms with Crippen LogP contribution in [0.5, 0.6) is 0 Å². The van der Waals surface area contributed by atoms with Gasteiger partial charge < -0.3 is 4.74 Å². The minimum Gasteiger partial charge on any atom is -0.346 e. The summed E-state index contributed by atoms with van der Waals surface area (Å²) in [7, 11) is 1.95. The van der Waals surface area contributed by atoms with Crippen molar-refractivity contribution in [2.75, 3.05) is 20.2 Å². The predicted molar refractivity (Wildman–Crippen MR) is 31.2 cm³/mol. The van der Waals surface area contributed by atoms with E-state index in [0.717, 1.165) is 13.2 Å². The molecule has 0 radical (unpaired) electrons. The highest BCUT2D eigenvalue weighted by molar-refractivity contribution is 4.71. The van der Waals surface area contributed by atoms with Gasteiger partial charge in [-0.2, -0.15) is 0 Å². The Morgan fingerprint density at radius 2 is 2.38 bits per heavy atom. The summed E-state index contributed by atoms with van der Waals surface area (Å²) in [5.74, 6) is -0.514. The van der Waals surface area contributed by atoms with Gasteiger partial charge in [-0.05, 0) is 14.0 Å². The third kappa shape index (κ3) is 0.844. The number of nitrogens with zero attached hydrogens (tertiary/aromatic N) is 1. The van der Waals surface area contributed by atoms with Gasteiger partial charge in [-0.3, -0.25) is 10.6 Å². The third-order valence-corrected chi connectivity index (χ3v) is 1.58. The maximum absolute atomic E-state index is 5.62. The maximum atomic E-state index is 5.62. The first kappa shape index (κ1) is 6.01. The Morgan fingerprint density at radius 3 is 2.50 bits per heavy atom. The summed E-state index contributed by atoms with van der Waals surface area (Å²) in [5.41, 5.74) is 5.62. The van der Waals surface area contributed by atoms with Crippen molar-refractivity contribution in [3.63, 3.8) is 0 Å². The minimum absolute atomic E-state index is 0.514. The first-order valence-electron chi connectivity index (χ1n) is 2.77. The molecule has 0 amide bonds. The van der Waals surface area contributed by atoms with Gasteiger partial charge >= 0.3 is 0 Å². The van der Waals surface area contributed by atoms with Crippen LogP contribution in [0.1, 0.15) is 6.92 Å². The Kier molecular flexibility index (Phi) is 1.27. The van der Waals surface area contributed by atoms with E-state index in [2.05, 4.69) is 0 Å². The number of rotatable bonds is 0. The highest BCUT2D eigenvalue weighted by Crippen LogP contribution is 2.12. The number of nitrogens with two attached hydrogens (primary N) is 1. The zero-order valence-corrected chi connectivity index (χ0v) is 5.35. The predicted octanol–water partition coefficient (Wildman–Crippen LogP) is -0.419. The summed E-state index contributed by atoms with van der Waals surface area (Å²) in [6, 6.07) is 0. The van der Waals surface area contributed by atoms with Crippen molar-refractivity contribution in [3.8, 4) is 0 Å². The lowest BCUT2D eigenvalue weighted by Crippen LogP contribution is -2.47. The lowest BCUT2D eigenvalue weighted by Gasteiger charge is -2.24. The molecule has 1 saturated heterocycles. The van der Waals surface area contributed by atoms with Crippen molar-refractivity contribution in [3.05, 3.63) is 0 Å². The van der Waals surface area contributed by atoms with E-state index >= 15 is 0 Å². The van der Waals surface area contributed by atoms with E-state index in [1.807, 2.05) is 18.9 Å². The molecular formula is C5H12N2O. The first-order chi connectivity index (χ1) is 3.63. The van der Waals surface area contributed by atoms with Crippen molar-refractivity contribution in [1.29, 1.82) is 0 Å². The van der Waals surface area contributed by atoms with Gasteiger partial charge in [0, 0.05) is 6.54 Å². The van der Waals surface area contributed by atoms with Crippen LogP contribution < -0.4 is 5.73 Å². The first-order valence-corrected chi connectivity index (χ1v) is 2.77. The van der Waals surface area contributed by atoms with Gasteiger partial charge in [0.1, 0.15) is 0 Å². The Labute approximate surface area is 49.4 Å². The lowest BCUT2D eigenvalue weighted by atomic mass is 10.5. The van der Waals surface area contributed by atoms with Gasteiger partial charge in [-0.15, -0.1) is 0 Å². The summed E-state index contributed by atoms with van der Waals surface area (Å²) in [5, 5.41) is 0. The van der Waals surface area contributed by atoms with E-state index in [1.165, 1.54) is 0 Å². The number of ether oxygens (including phenoxy) is 1. The summed E-state index contributed by atoms with van der Waals surface area (Å²) in [6.07, 6.45) is 0. The average molecular weight is 116 g/mol. The molecular weight excluding hydrogens is 104 g/mol. The molecule has 48 valence electrons. The van der Waals surface area contributed by atoms with Crippen LogP contribution in [0.3, 0.4) is 0 Å². The Morgan fingerprint density at radius 1 is 1.75 bits per heavy atom.